The van der Waals surface area contributed by atoms with Gasteiger partial charge in [-0.1, -0.05) is 103 Å². The Morgan fingerprint density at radius 1 is 0.400 bits per heavy atom. The number of rotatable bonds is 25. The van der Waals surface area contributed by atoms with Gasteiger partial charge in [0.25, 0.3) is 0 Å². The van der Waals surface area contributed by atoms with Crippen molar-refractivity contribution in [1.29, 1.82) is 0 Å². The zero-order valence-electron chi connectivity index (χ0n) is 35.0. The monoisotopic (exact) mass is 773 g/mol. The van der Waals surface area contributed by atoms with Crippen molar-refractivity contribution < 1.29 is 19.5 Å². The summed E-state index contributed by atoms with van der Waals surface area (Å²) in [7, 11) is 0. The predicted octanol–water partition coefficient (Wildman–Crippen LogP) is 7.78. The van der Waals surface area contributed by atoms with Crippen LogP contribution in [0.1, 0.15) is 205 Å². The fraction of sp³-hybridized carbons (Fsp3) is 0.933. The van der Waals surface area contributed by atoms with Gasteiger partial charge in [0.05, 0.1) is 6.04 Å². The molecule has 3 atom stereocenters. The molecule has 4 aliphatic rings. The van der Waals surface area contributed by atoms with Gasteiger partial charge in [0.1, 0.15) is 12.1 Å². The second kappa shape index (κ2) is 28.6. The fourth-order valence-electron chi connectivity index (χ4n) is 9.70. The lowest BCUT2D eigenvalue weighted by Gasteiger charge is -2.28. The summed E-state index contributed by atoms with van der Waals surface area (Å²) in [4.78, 5) is 40.5. The van der Waals surface area contributed by atoms with Gasteiger partial charge in [-0.2, -0.15) is 0 Å². The number of carbonyl (C=O) groups is 3. The number of carboxylic acids is 1. The van der Waals surface area contributed by atoms with Crippen molar-refractivity contribution in [3.05, 3.63) is 0 Å². The number of hydrogen-bond donors (Lipinski definition) is 7. The SMILES string of the molecule is O=C(O)C(CCCCNC1CCCCC1)NC(=O)C(CCCCNC1CCCCCC1)NC(=O)C(CCCCNC1CCCCCC1)NC1CCCCCC1. The molecule has 3 unspecified atom stereocenters. The van der Waals surface area contributed by atoms with E-state index in [1.807, 2.05) is 0 Å². The second-order valence-corrected chi connectivity index (χ2v) is 17.9. The van der Waals surface area contributed by atoms with E-state index in [1.54, 1.807) is 0 Å². The molecule has 318 valence electrons. The Labute approximate surface area is 335 Å². The maximum Gasteiger partial charge on any atom is 0.326 e. The minimum atomic E-state index is -1.00. The summed E-state index contributed by atoms with van der Waals surface area (Å²) in [6.07, 6.45) is 35.9. The lowest BCUT2D eigenvalue weighted by Crippen LogP contribution is -2.56. The van der Waals surface area contributed by atoms with Crippen LogP contribution in [0.5, 0.6) is 0 Å². The van der Waals surface area contributed by atoms with Crippen molar-refractivity contribution >= 4 is 17.8 Å². The molecular weight excluding hydrogens is 689 g/mol. The van der Waals surface area contributed by atoms with E-state index in [9.17, 15) is 19.5 Å². The molecule has 0 aromatic heterocycles. The van der Waals surface area contributed by atoms with Crippen molar-refractivity contribution in [2.45, 2.75) is 248 Å². The highest BCUT2D eigenvalue weighted by atomic mass is 16.4. The van der Waals surface area contributed by atoms with Crippen LogP contribution in [0.15, 0.2) is 0 Å². The number of hydrogen-bond acceptors (Lipinski definition) is 7. The van der Waals surface area contributed by atoms with E-state index in [1.165, 1.54) is 135 Å². The molecule has 0 radical (unpaired) electrons. The molecule has 10 nitrogen and oxygen atoms in total. The van der Waals surface area contributed by atoms with Crippen LogP contribution in [-0.4, -0.2) is 84.8 Å². The third-order valence-electron chi connectivity index (χ3n) is 13.2. The van der Waals surface area contributed by atoms with Crippen LogP contribution in [0.3, 0.4) is 0 Å². The number of carboxylic acid groups (broad SMARTS) is 1. The lowest BCUT2D eigenvalue weighted by molar-refractivity contribution is -0.142. The van der Waals surface area contributed by atoms with Crippen LogP contribution in [-0.2, 0) is 14.4 Å². The van der Waals surface area contributed by atoms with E-state index in [2.05, 4.69) is 31.9 Å². The summed E-state index contributed by atoms with van der Waals surface area (Å²) in [5.74, 6) is -1.48. The quantitative estimate of drug-likeness (QED) is 0.0369. The molecule has 4 saturated carbocycles. The largest absolute Gasteiger partial charge is 0.480 e. The zero-order valence-corrected chi connectivity index (χ0v) is 35.0. The van der Waals surface area contributed by atoms with Gasteiger partial charge in [0.15, 0.2) is 0 Å². The summed E-state index contributed by atoms with van der Waals surface area (Å²) >= 11 is 0. The Balaban J connectivity index is 1.32. The molecule has 0 aromatic carbocycles. The maximum absolute atomic E-state index is 14.2. The molecule has 2 amide bonds. The van der Waals surface area contributed by atoms with Crippen molar-refractivity contribution in [3.8, 4) is 0 Å². The Morgan fingerprint density at radius 2 is 0.709 bits per heavy atom. The molecule has 0 bridgehead atoms. The highest BCUT2D eigenvalue weighted by Crippen LogP contribution is 2.21. The van der Waals surface area contributed by atoms with Gasteiger partial charge in [-0.3, -0.25) is 9.59 Å². The second-order valence-electron chi connectivity index (χ2n) is 17.9. The van der Waals surface area contributed by atoms with Crippen LogP contribution >= 0.6 is 0 Å². The zero-order chi connectivity index (χ0) is 38.8. The minimum absolute atomic E-state index is 0.113. The molecule has 10 heteroatoms. The van der Waals surface area contributed by atoms with Crippen molar-refractivity contribution in [2.24, 2.45) is 0 Å². The first kappa shape index (κ1) is 45.9. The van der Waals surface area contributed by atoms with Gasteiger partial charge in [-0.05, 0) is 122 Å². The highest BCUT2D eigenvalue weighted by molar-refractivity contribution is 5.91. The number of aliphatic carboxylic acids is 1. The first-order valence-corrected chi connectivity index (χ1v) is 23.8. The van der Waals surface area contributed by atoms with Gasteiger partial charge < -0.3 is 37.0 Å². The Morgan fingerprint density at radius 3 is 1.11 bits per heavy atom. The molecular formula is C45H84N6O4. The van der Waals surface area contributed by atoms with E-state index in [0.29, 0.717) is 37.0 Å². The van der Waals surface area contributed by atoms with Gasteiger partial charge in [-0.25, -0.2) is 4.79 Å². The Kier molecular flexibility index (Phi) is 23.9. The van der Waals surface area contributed by atoms with Crippen molar-refractivity contribution in [2.75, 3.05) is 19.6 Å². The fourth-order valence-corrected chi connectivity index (χ4v) is 9.70. The van der Waals surface area contributed by atoms with Crippen molar-refractivity contribution in [1.82, 2.24) is 31.9 Å². The normalized spacial score (nSPS) is 21.8. The Bertz CT molecular complexity index is 1020. The summed E-state index contributed by atoms with van der Waals surface area (Å²) in [5, 5.41) is 31.1. The van der Waals surface area contributed by atoms with Crippen LogP contribution in [0.2, 0.25) is 0 Å². The molecule has 7 N–H and O–H groups in total. The van der Waals surface area contributed by atoms with Gasteiger partial charge >= 0.3 is 5.97 Å². The molecule has 0 aliphatic heterocycles. The summed E-state index contributed by atoms with van der Waals surface area (Å²) in [6, 6.07) is 0.0248. The first-order chi connectivity index (χ1) is 27.0. The van der Waals surface area contributed by atoms with Crippen LogP contribution in [0.25, 0.3) is 0 Å². The molecule has 0 saturated heterocycles. The molecule has 4 rings (SSSR count). The average Bonchev–Trinajstić information content (AvgIpc) is 3.73. The third kappa shape index (κ3) is 20.0. The third-order valence-corrected chi connectivity index (χ3v) is 13.2. The van der Waals surface area contributed by atoms with E-state index in [4.69, 9.17) is 0 Å². The molecule has 0 heterocycles. The molecule has 0 spiro atoms. The number of unbranched alkanes of at least 4 members (excludes halogenated alkanes) is 3. The van der Waals surface area contributed by atoms with Gasteiger partial charge in [-0.15, -0.1) is 0 Å². The van der Waals surface area contributed by atoms with Gasteiger partial charge in [0, 0.05) is 24.2 Å². The standard InChI is InChI=1S/C45H84N6O4/c52-43(40(49-39-28-12-5-6-13-29-39)30-16-19-33-46-36-22-8-1-2-9-23-36)50-41(31-17-20-34-47-37-24-10-3-4-11-25-37)44(53)51-42(45(54)55)32-18-21-35-48-38-26-14-7-15-27-38/h36-42,46-49H,1-35H2,(H,50,52)(H,51,53)(H,54,55). The van der Waals surface area contributed by atoms with E-state index in [-0.39, 0.29) is 17.9 Å². The van der Waals surface area contributed by atoms with E-state index < -0.39 is 18.1 Å². The van der Waals surface area contributed by atoms with Crippen molar-refractivity contribution in [3.63, 3.8) is 0 Å². The molecule has 4 aliphatic carbocycles. The molecule has 55 heavy (non-hydrogen) atoms. The first-order valence-electron chi connectivity index (χ1n) is 23.8. The van der Waals surface area contributed by atoms with Crippen LogP contribution < -0.4 is 31.9 Å². The lowest BCUT2D eigenvalue weighted by atomic mass is 9.95. The highest BCUT2D eigenvalue weighted by Gasteiger charge is 2.30. The molecule has 4 fully saturated rings. The summed E-state index contributed by atoms with van der Waals surface area (Å²) < 4.78 is 0. The number of carbonyl (C=O) groups excluding carboxylic acids is 2. The predicted molar refractivity (Wildman–Crippen MR) is 225 cm³/mol. The number of nitrogens with one attached hydrogen (secondary N) is 6. The van der Waals surface area contributed by atoms with E-state index >= 15 is 0 Å². The van der Waals surface area contributed by atoms with E-state index in [0.717, 1.165) is 77.4 Å². The molecule has 0 aromatic rings. The average molecular weight is 773 g/mol. The van der Waals surface area contributed by atoms with Gasteiger partial charge in [0.2, 0.25) is 11.8 Å². The van der Waals surface area contributed by atoms with Crippen LogP contribution in [0, 0.1) is 0 Å². The number of amides is 2. The topological polar surface area (TPSA) is 144 Å². The smallest absolute Gasteiger partial charge is 0.326 e. The summed E-state index contributed by atoms with van der Waals surface area (Å²) in [5.41, 5.74) is 0. The minimum Gasteiger partial charge on any atom is -0.480 e. The maximum atomic E-state index is 14.2. The summed E-state index contributed by atoms with van der Waals surface area (Å²) in [6.45, 7) is 2.76. The van der Waals surface area contributed by atoms with Crippen LogP contribution in [0.4, 0.5) is 0 Å². The Hall–Kier alpha value is -1.75.